The Morgan fingerprint density at radius 2 is 2.05 bits per heavy atom. The highest BCUT2D eigenvalue weighted by Gasteiger charge is 2.34. The zero-order valence-corrected chi connectivity index (χ0v) is 9.79. The van der Waals surface area contributed by atoms with Crippen LogP contribution in [0.4, 0.5) is 17.6 Å². The Morgan fingerprint density at radius 3 is 2.58 bits per heavy atom. The van der Waals surface area contributed by atoms with Crippen LogP contribution in [0.1, 0.15) is 23.0 Å². The first-order chi connectivity index (χ1) is 8.93. The van der Waals surface area contributed by atoms with E-state index in [1.54, 1.807) is 7.05 Å². The molecule has 0 bridgehead atoms. The number of hydrogen-bond donors (Lipinski definition) is 2. The van der Waals surface area contributed by atoms with Crippen molar-refractivity contribution in [3.63, 3.8) is 0 Å². The standard InChI is InChI=1S/C11H10F4N4/c1-16-9(10-17-5-18-19-10)6-2-3-8(12)7(4-6)11(13,14)15/h2-5,9,16H,1H3,(H,17,18,19). The van der Waals surface area contributed by atoms with E-state index in [0.717, 1.165) is 12.1 Å². The third kappa shape index (κ3) is 2.73. The lowest BCUT2D eigenvalue weighted by Gasteiger charge is -2.16. The van der Waals surface area contributed by atoms with Crippen LogP contribution in [0.3, 0.4) is 0 Å². The van der Waals surface area contributed by atoms with Gasteiger partial charge in [0.05, 0.1) is 11.6 Å². The first kappa shape index (κ1) is 13.5. The third-order valence-corrected chi connectivity index (χ3v) is 2.62. The van der Waals surface area contributed by atoms with E-state index in [-0.39, 0.29) is 5.56 Å². The van der Waals surface area contributed by atoms with Gasteiger partial charge in [0.25, 0.3) is 0 Å². The maximum atomic E-state index is 13.2. The summed E-state index contributed by atoms with van der Waals surface area (Å²) in [6.07, 6.45) is -3.49. The van der Waals surface area contributed by atoms with E-state index in [0.29, 0.717) is 5.82 Å². The Bertz CT molecular complexity index is 550. The van der Waals surface area contributed by atoms with Gasteiger partial charge in [0, 0.05) is 0 Å². The second kappa shape index (κ2) is 4.96. The second-order valence-corrected chi connectivity index (χ2v) is 3.83. The van der Waals surface area contributed by atoms with E-state index in [4.69, 9.17) is 0 Å². The number of alkyl halides is 3. The molecule has 0 aliphatic rings. The summed E-state index contributed by atoms with van der Waals surface area (Å²) in [6.45, 7) is 0. The number of nitrogens with one attached hydrogen (secondary N) is 2. The number of benzene rings is 1. The average Bonchev–Trinajstić information content (AvgIpc) is 2.84. The number of aromatic nitrogens is 3. The molecular formula is C11H10F4N4. The number of aromatic amines is 1. The molecule has 1 heterocycles. The molecule has 0 fully saturated rings. The van der Waals surface area contributed by atoms with Crippen LogP contribution in [0.2, 0.25) is 0 Å². The molecule has 1 atom stereocenters. The Hall–Kier alpha value is -1.96. The molecule has 1 aromatic heterocycles. The van der Waals surface area contributed by atoms with Crippen LogP contribution in [-0.4, -0.2) is 22.2 Å². The first-order valence-electron chi connectivity index (χ1n) is 5.32. The minimum Gasteiger partial charge on any atom is -0.307 e. The van der Waals surface area contributed by atoms with Crippen LogP contribution >= 0.6 is 0 Å². The molecule has 4 nitrogen and oxygen atoms in total. The fourth-order valence-corrected chi connectivity index (χ4v) is 1.75. The molecule has 1 aromatic carbocycles. The summed E-state index contributed by atoms with van der Waals surface area (Å²) in [5.74, 6) is -0.953. The van der Waals surface area contributed by atoms with Gasteiger partial charge >= 0.3 is 6.18 Å². The van der Waals surface area contributed by atoms with E-state index in [2.05, 4.69) is 20.5 Å². The Balaban J connectivity index is 2.45. The number of halogens is 4. The van der Waals surface area contributed by atoms with Crippen molar-refractivity contribution >= 4 is 0 Å². The average molecular weight is 274 g/mol. The van der Waals surface area contributed by atoms with Crippen molar-refractivity contribution in [1.82, 2.24) is 20.5 Å². The van der Waals surface area contributed by atoms with Crippen molar-refractivity contribution in [3.8, 4) is 0 Å². The molecule has 2 rings (SSSR count). The van der Waals surface area contributed by atoms with E-state index >= 15 is 0 Å². The van der Waals surface area contributed by atoms with Crippen molar-refractivity contribution < 1.29 is 17.6 Å². The largest absolute Gasteiger partial charge is 0.419 e. The van der Waals surface area contributed by atoms with Crippen LogP contribution in [0.15, 0.2) is 24.5 Å². The fourth-order valence-electron chi connectivity index (χ4n) is 1.75. The summed E-state index contributed by atoms with van der Waals surface area (Å²) in [5.41, 5.74) is -1.06. The van der Waals surface area contributed by atoms with Crippen LogP contribution in [0.5, 0.6) is 0 Å². The monoisotopic (exact) mass is 274 g/mol. The van der Waals surface area contributed by atoms with Crippen molar-refractivity contribution in [2.45, 2.75) is 12.2 Å². The summed E-state index contributed by atoms with van der Waals surface area (Å²) in [6, 6.07) is 2.20. The Kier molecular flexibility index (Phi) is 3.52. The van der Waals surface area contributed by atoms with Crippen molar-refractivity contribution in [2.75, 3.05) is 7.05 Å². The molecule has 0 amide bonds. The molecule has 0 radical (unpaired) electrons. The molecule has 0 aliphatic heterocycles. The maximum absolute atomic E-state index is 13.2. The van der Waals surface area contributed by atoms with Crippen molar-refractivity contribution in [2.24, 2.45) is 0 Å². The first-order valence-corrected chi connectivity index (χ1v) is 5.32. The minimum atomic E-state index is -4.74. The fraction of sp³-hybridized carbons (Fsp3) is 0.273. The summed E-state index contributed by atoms with van der Waals surface area (Å²) in [5, 5.41) is 8.99. The van der Waals surface area contributed by atoms with Crippen molar-refractivity contribution in [3.05, 3.63) is 47.3 Å². The summed E-state index contributed by atoms with van der Waals surface area (Å²) in [4.78, 5) is 3.87. The minimum absolute atomic E-state index is 0.243. The lowest BCUT2D eigenvalue weighted by Crippen LogP contribution is -2.20. The summed E-state index contributed by atoms with van der Waals surface area (Å²) < 4.78 is 51.1. The lowest BCUT2D eigenvalue weighted by atomic mass is 10.0. The highest BCUT2D eigenvalue weighted by molar-refractivity contribution is 5.32. The van der Waals surface area contributed by atoms with E-state index in [1.807, 2.05) is 0 Å². The molecule has 0 saturated heterocycles. The topological polar surface area (TPSA) is 53.6 Å². The molecule has 2 N–H and O–H groups in total. The Labute approximate surface area is 105 Å². The van der Waals surface area contributed by atoms with Crippen LogP contribution in [-0.2, 0) is 6.18 Å². The molecule has 19 heavy (non-hydrogen) atoms. The van der Waals surface area contributed by atoms with E-state index in [9.17, 15) is 17.6 Å². The molecule has 0 aliphatic carbocycles. The SMILES string of the molecule is CNC(c1ccc(F)c(C(F)(F)F)c1)c1ncn[nH]1. The van der Waals surface area contributed by atoms with Crippen LogP contribution < -0.4 is 5.32 Å². The quantitative estimate of drug-likeness (QED) is 0.844. The Morgan fingerprint density at radius 1 is 1.32 bits per heavy atom. The predicted octanol–water partition coefficient (Wildman–Crippen LogP) is 2.27. The molecule has 2 aromatic rings. The van der Waals surface area contributed by atoms with Gasteiger partial charge in [0.2, 0.25) is 0 Å². The number of hydrogen-bond acceptors (Lipinski definition) is 3. The molecule has 102 valence electrons. The van der Waals surface area contributed by atoms with Gasteiger partial charge in [-0.1, -0.05) is 6.07 Å². The number of rotatable bonds is 3. The molecule has 1 unspecified atom stereocenters. The van der Waals surface area contributed by atoms with Gasteiger partial charge in [-0.15, -0.1) is 0 Å². The lowest BCUT2D eigenvalue weighted by molar-refractivity contribution is -0.140. The molecule has 0 saturated carbocycles. The van der Waals surface area contributed by atoms with Gasteiger partial charge in [-0.3, -0.25) is 5.10 Å². The van der Waals surface area contributed by atoms with E-state index in [1.165, 1.54) is 12.4 Å². The zero-order valence-electron chi connectivity index (χ0n) is 9.79. The second-order valence-electron chi connectivity index (χ2n) is 3.83. The molecule has 0 spiro atoms. The zero-order chi connectivity index (χ0) is 14.0. The van der Waals surface area contributed by atoms with Gasteiger partial charge in [-0.25, -0.2) is 9.37 Å². The summed E-state index contributed by atoms with van der Waals surface area (Å²) >= 11 is 0. The number of H-pyrrole nitrogens is 1. The highest BCUT2D eigenvalue weighted by Crippen LogP contribution is 2.33. The van der Waals surface area contributed by atoms with E-state index < -0.39 is 23.6 Å². The van der Waals surface area contributed by atoms with Gasteiger partial charge < -0.3 is 5.32 Å². The normalized spacial score (nSPS) is 13.5. The highest BCUT2D eigenvalue weighted by atomic mass is 19.4. The predicted molar refractivity (Wildman–Crippen MR) is 58.7 cm³/mol. The summed E-state index contributed by atoms with van der Waals surface area (Å²) in [7, 11) is 1.56. The van der Waals surface area contributed by atoms with Gasteiger partial charge in [0.1, 0.15) is 18.0 Å². The number of nitrogens with zero attached hydrogens (tertiary/aromatic N) is 2. The molecular weight excluding hydrogens is 264 g/mol. The maximum Gasteiger partial charge on any atom is 0.419 e. The van der Waals surface area contributed by atoms with Gasteiger partial charge in [-0.2, -0.15) is 18.3 Å². The van der Waals surface area contributed by atoms with Gasteiger partial charge in [-0.05, 0) is 24.7 Å². The van der Waals surface area contributed by atoms with Gasteiger partial charge in [0.15, 0.2) is 0 Å². The molecule has 8 heteroatoms. The third-order valence-electron chi connectivity index (χ3n) is 2.62. The smallest absolute Gasteiger partial charge is 0.307 e. The van der Waals surface area contributed by atoms with Crippen molar-refractivity contribution in [1.29, 1.82) is 0 Å². The van der Waals surface area contributed by atoms with Crippen LogP contribution in [0.25, 0.3) is 0 Å². The van der Waals surface area contributed by atoms with Crippen LogP contribution in [0, 0.1) is 5.82 Å².